The molecule has 27 heavy (non-hydrogen) atoms. The summed E-state index contributed by atoms with van der Waals surface area (Å²) in [7, 11) is 1.60. The molecule has 0 radical (unpaired) electrons. The van der Waals surface area contributed by atoms with E-state index in [4.69, 9.17) is 9.47 Å². The van der Waals surface area contributed by atoms with Crippen LogP contribution in [0.4, 0.5) is 0 Å². The lowest BCUT2D eigenvalue weighted by Crippen LogP contribution is -2.19. The summed E-state index contributed by atoms with van der Waals surface area (Å²) in [5.41, 5.74) is 2.41. The molecular formula is C24H22O3. The van der Waals surface area contributed by atoms with Crippen LogP contribution in [0.25, 0.3) is 6.08 Å². The van der Waals surface area contributed by atoms with Gasteiger partial charge in [0.1, 0.15) is 0 Å². The van der Waals surface area contributed by atoms with E-state index in [1.165, 1.54) is 0 Å². The molecule has 0 amide bonds. The third kappa shape index (κ3) is 4.45. The summed E-state index contributed by atoms with van der Waals surface area (Å²) in [5, 5.41) is 0. The number of methoxy groups -OCH3 is 1. The fourth-order valence-electron chi connectivity index (χ4n) is 2.86. The Balaban J connectivity index is 1.98. The normalized spacial score (nSPS) is 11.9. The predicted octanol–water partition coefficient (Wildman–Crippen LogP) is 5.73. The molecule has 0 aliphatic carbocycles. The third-order valence-corrected chi connectivity index (χ3v) is 4.19. The van der Waals surface area contributed by atoms with Crippen molar-refractivity contribution < 1.29 is 14.3 Å². The quantitative estimate of drug-likeness (QED) is 0.506. The lowest BCUT2D eigenvalue weighted by Gasteiger charge is -2.20. The Hall–Kier alpha value is -3.33. The summed E-state index contributed by atoms with van der Waals surface area (Å²) >= 11 is 0. The molecule has 0 aliphatic rings. The van der Waals surface area contributed by atoms with Crippen molar-refractivity contribution >= 4 is 11.9 Å². The van der Waals surface area contributed by atoms with Crippen LogP contribution < -0.4 is 9.47 Å². The molecule has 1 unspecified atom stereocenters. The second kappa shape index (κ2) is 8.86. The van der Waals surface area contributed by atoms with Crippen molar-refractivity contribution in [1.29, 1.82) is 0 Å². The van der Waals surface area contributed by atoms with E-state index < -0.39 is 6.10 Å². The largest absolute Gasteiger partial charge is 0.493 e. The molecule has 136 valence electrons. The van der Waals surface area contributed by atoms with E-state index >= 15 is 0 Å². The Bertz CT molecular complexity index is 915. The van der Waals surface area contributed by atoms with Crippen LogP contribution in [0.1, 0.15) is 34.5 Å². The Morgan fingerprint density at radius 1 is 0.889 bits per heavy atom. The molecule has 0 heterocycles. The third-order valence-electron chi connectivity index (χ3n) is 4.19. The first-order valence-electron chi connectivity index (χ1n) is 8.84. The second-order valence-electron chi connectivity index (χ2n) is 6.05. The molecule has 3 aromatic rings. The molecule has 0 saturated heterocycles. The van der Waals surface area contributed by atoms with Gasteiger partial charge in [0.15, 0.2) is 17.6 Å². The first-order valence-corrected chi connectivity index (χ1v) is 8.84. The highest BCUT2D eigenvalue weighted by atomic mass is 16.5. The van der Waals surface area contributed by atoms with Gasteiger partial charge in [0.05, 0.1) is 7.11 Å². The number of carbonyl (C=O) groups is 1. The first kappa shape index (κ1) is 18.5. The molecule has 3 heteroatoms. The maximum Gasteiger partial charge on any atom is 0.207 e. The number of Topliss-reactive ketones (excluding diaryl/α,β-unsaturated/α-hetero) is 1. The number of hydrogen-bond acceptors (Lipinski definition) is 3. The average molecular weight is 358 g/mol. The van der Waals surface area contributed by atoms with E-state index in [2.05, 4.69) is 0 Å². The van der Waals surface area contributed by atoms with Crippen LogP contribution in [-0.2, 0) is 0 Å². The summed E-state index contributed by atoms with van der Waals surface area (Å²) in [6, 6.07) is 24.4. The monoisotopic (exact) mass is 358 g/mol. The zero-order chi connectivity index (χ0) is 19.1. The minimum Gasteiger partial charge on any atom is -0.493 e. The van der Waals surface area contributed by atoms with Gasteiger partial charge in [-0.15, -0.1) is 0 Å². The minimum atomic E-state index is -0.755. The summed E-state index contributed by atoms with van der Waals surface area (Å²) in [6.07, 6.45) is 3.19. The van der Waals surface area contributed by atoms with Gasteiger partial charge in [-0.1, -0.05) is 78.9 Å². The van der Waals surface area contributed by atoms with Crippen LogP contribution in [0, 0.1) is 0 Å². The molecule has 0 saturated carbocycles. The number of allylic oxidation sites excluding steroid dienone is 1. The first-order chi connectivity index (χ1) is 13.2. The van der Waals surface area contributed by atoms with Gasteiger partial charge in [-0.3, -0.25) is 4.79 Å². The number of benzene rings is 3. The van der Waals surface area contributed by atoms with Gasteiger partial charge < -0.3 is 9.47 Å². The highest BCUT2D eigenvalue weighted by molar-refractivity contribution is 6.00. The van der Waals surface area contributed by atoms with Gasteiger partial charge in [-0.05, 0) is 24.6 Å². The Morgan fingerprint density at radius 3 is 2.19 bits per heavy atom. The van der Waals surface area contributed by atoms with E-state index in [0.29, 0.717) is 17.1 Å². The number of ether oxygens (including phenoxy) is 2. The zero-order valence-electron chi connectivity index (χ0n) is 15.5. The molecule has 3 aromatic carbocycles. The van der Waals surface area contributed by atoms with Gasteiger partial charge >= 0.3 is 0 Å². The summed E-state index contributed by atoms with van der Waals surface area (Å²) < 4.78 is 11.7. The smallest absolute Gasteiger partial charge is 0.207 e. The molecule has 0 aromatic heterocycles. The lowest BCUT2D eigenvalue weighted by atomic mass is 9.99. The van der Waals surface area contributed by atoms with E-state index in [-0.39, 0.29) is 5.78 Å². The predicted molar refractivity (Wildman–Crippen MR) is 108 cm³/mol. The van der Waals surface area contributed by atoms with Gasteiger partial charge in [0.2, 0.25) is 5.78 Å². The Morgan fingerprint density at radius 2 is 1.56 bits per heavy atom. The van der Waals surface area contributed by atoms with E-state index in [1.807, 2.05) is 85.8 Å². The molecule has 3 rings (SSSR count). The minimum absolute atomic E-state index is 0.0959. The van der Waals surface area contributed by atoms with E-state index in [9.17, 15) is 4.79 Å². The van der Waals surface area contributed by atoms with Crippen molar-refractivity contribution in [3.63, 3.8) is 0 Å². The molecule has 0 bridgehead atoms. The van der Waals surface area contributed by atoms with Crippen LogP contribution in [0.3, 0.4) is 0 Å². The maximum absolute atomic E-state index is 13.1. The Labute approximate surface area is 159 Å². The Kier molecular flexibility index (Phi) is 6.06. The van der Waals surface area contributed by atoms with E-state index in [0.717, 1.165) is 11.1 Å². The van der Waals surface area contributed by atoms with Crippen molar-refractivity contribution in [3.05, 3.63) is 102 Å². The lowest BCUT2D eigenvalue weighted by molar-refractivity contribution is 0.0787. The molecular weight excluding hydrogens is 336 g/mol. The topological polar surface area (TPSA) is 35.5 Å². The van der Waals surface area contributed by atoms with Crippen LogP contribution >= 0.6 is 0 Å². The molecule has 0 spiro atoms. The molecule has 0 fully saturated rings. The molecule has 0 aliphatic heterocycles. The van der Waals surface area contributed by atoms with Crippen molar-refractivity contribution in [2.75, 3.05) is 7.11 Å². The van der Waals surface area contributed by atoms with Gasteiger partial charge in [-0.2, -0.15) is 0 Å². The summed E-state index contributed by atoms with van der Waals surface area (Å²) in [5.74, 6) is 1.03. The SMILES string of the molecule is C/C=C/c1ccc(OC(C(=O)c2ccccc2)c2ccccc2)c(OC)c1. The van der Waals surface area contributed by atoms with Crippen molar-refractivity contribution in [2.24, 2.45) is 0 Å². The van der Waals surface area contributed by atoms with Crippen LogP contribution in [-0.4, -0.2) is 12.9 Å². The fourth-order valence-corrected chi connectivity index (χ4v) is 2.86. The molecule has 1 atom stereocenters. The fraction of sp³-hybridized carbons (Fsp3) is 0.125. The standard InChI is InChI=1S/C24H22O3/c1-3-10-18-15-16-21(22(17-18)26-2)27-24(20-13-8-5-9-14-20)23(25)19-11-6-4-7-12-19/h3-17,24H,1-2H3/b10-3+. The maximum atomic E-state index is 13.1. The second-order valence-corrected chi connectivity index (χ2v) is 6.05. The molecule has 3 nitrogen and oxygen atoms in total. The average Bonchev–Trinajstić information content (AvgIpc) is 2.73. The van der Waals surface area contributed by atoms with Crippen molar-refractivity contribution in [2.45, 2.75) is 13.0 Å². The highest BCUT2D eigenvalue weighted by Gasteiger charge is 2.25. The molecule has 0 N–H and O–H groups in total. The number of carbonyl (C=O) groups excluding carboxylic acids is 1. The van der Waals surface area contributed by atoms with E-state index in [1.54, 1.807) is 19.2 Å². The van der Waals surface area contributed by atoms with Crippen molar-refractivity contribution in [3.8, 4) is 11.5 Å². The summed E-state index contributed by atoms with van der Waals surface area (Å²) in [4.78, 5) is 13.1. The zero-order valence-corrected chi connectivity index (χ0v) is 15.5. The number of ketones is 1. The van der Waals surface area contributed by atoms with Crippen LogP contribution in [0.5, 0.6) is 11.5 Å². The van der Waals surface area contributed by atoms with Gasteiger partial charge in [-0.25, -0.2) is 0 Å². The highest BCUT2D eigenvalue weighted by Crippen LogP contribution is 2.34. The number of hydrogen-bond donors (Lipinski definition) is 0. The van der Waals surface area contributed by atoms with Gasteiger partial charge in [0, 0.05) is 11.1 Å². The number of rotatable bonds is 7. The van der Waals surface area contributed by atoms with Crippen molar-refractivity contribution in [1.82, 2.24) is 0 Å². The van der Waals surface area contributed by atoms with Crippen LogP contribution in [0.15, 0.2) is 84.9 Å². The van der Waals surface area contributed by atoms with Gasteiger partial charge in [0.25, 0.3) is 0 Å². The summed E-state index contributed by atoms with van der Waals surface area (Å²) in [6.45, 7) is 1.96. The van der Waals surface area contributed by atoms with Crippen LogP contribution in [0.2, 0.25) is 0 Å².